The minimum absolute atomic E-state index is 0.151. The van der Waals surface area contributed by atoms with E-state index in [9.17, 15) is 4.79 Å². The molecule has 1 aliphatic carbocycles. The average Bonchev–Trinajstić information content (AvgIpc) is 2.27. The summed E-state index contributed by atoms with van der Waals surface area (Å²) in [5.41, 5.74) is 0. The van der Waals surface area contributed by atoms with Gasteiger partial charge in [-0.25, -0.2) is 0 Å². The molecule has 0 saturated heterocycles. The van der Waals surface area contributed by atoms with Crippen molar-refractivity contribution in [2.24, 2.45) is 5.92 Å². The molecule has 1 rings (SSSR count). The van der Waals surface area contributed by atoms with Crippen molar-refractivity contribution in [2.45, 2.75) is 71.3 Å². The van der Waals surface area contributed by atoms with Gasteiger partial charge in [-0.1, -0.05) is 46.0 Å². The molecule has 0 aliphatic heterocycles. The molecule has 0 aromatic heterocycles. The lowest BCUT2D eigenvalue weighted by molar-refractivity contribution is -0.120. The van der Waals surface area contributed by atoms with E-state index in [1.54, 1.807) is 0 Å². The topological polar surface area (TPSA) is 41.1 Å². The maximum absolute atomic E-state index is 11.6. The lowest BCUT2D eigenvalue weighted by Gasteiger charge is -2.20. The third-order valence-electron chi connectivity index (χ3n) is 3.70. The molecule has 0 aromatic rings. The molecule has 0 bridgehead atoms. The Morgan fingerprint density at radius 2 is 1.72 bits per heavy atom. The summed E-state index contributed by atoms with van der Waals surface area (Å²) in [5, 5.41) is 6.40. The summed E-state index contributed by atoms with van der Waals surface area (Å²) < 4.78 is 0. The van der Waals surface area contributed by atoms with Crippen molar-refractivity contribution in [3.8, 4) is 0 Å². The molecule has 1 aliphatic rings. The van der Waals surface area contributed by atoms with Crippen LogP contribution in [-0.2, 0) is 4.79 Å². The van der Waals surface area contributed by atoms with Crippen LogP contribution in [0.25, 0.3) is 0 Å². The lowest BCUT2D eigenvalue weighted by atomic mass is 9.97. The molecule has 1 fully saturated rings. The molecule has 0 radical (unpaired) electrons. The fourth-order valence-electron chi connectivity index (χ4n) is 2.46. The molecule has 1 amide bonds. The molecule has 3 nitrogen and oxygen atoms in total. The first kappa shape index (κ1) is 15.5. The van der Waals surface area contributed by atoms with Gasteiger partial charge in [0.2, 0.25) is 5.91 Å². The number of rotatable bonds is 6. The number of hydrogen-bond donors (Lipinski definition) is 2. The Labute approximate surface area is 112 Å². The fourth-order valence-corrected chi connectivity index (χ4v) is 2.46. The minimum Gasteiger partial charge on any atom is -0.355 e. The molecule has 2 N–H and O–H groups in total. The number of carbonyl (C=O) groups excluding carboxylic acids is 1. The van der Waals surface area contributed by atoms with E-state index in [-0.39, 0.29) is 5.91 Å². The summed E-state index contributed by atoms with van der Waals surface area (Å²) >= 11 is 0. The second-order valence-electron chi connectivity index (χ2n) is 5.96. The number of carbonyl (C=O) groups is 1. The van der Waals surface area contributed by atoms with Gasteiger partial charge in [-0.15, -0.1) is 0 Å². The first-order valence-electron chi connectivity index (χ1n) is 7.68. The van der Waals surface area contributed by atoms with E-state index in [0.717, 1.165) is 13.0 Å². The molecule has 106 valence electrons. The van der Waals surface area contributed by atoms with Crippen LogP contribution in [0.1, 0.15) is 65.2 Å². The molecule has 0 heterocycles. The summed E-state index contributed by atoms with van der Waals surface area (Å²) in [4.78, 5) is 11.6. The van der Waals surface area contributed by atoms with Crippen LogP contribution in [0.15, 0.2) is 0 Å². The number of hydrogen-bond acceptors (Lipinski definition) is 2. The smallest absolute Gasteiger partial charge is 0.233 e. The monoisotopic (exact) mass is 254 g/mol. The molecular weight excluding hydrogens is 224 g/mol. The standard InChI is InChI=1S/C15H30N2O/c1-13(2)10-11-16-15(18)12-17-14-8-6-4-3-5-7-9-14/h13-14,17H,3-12H2,1-2H3,(H,16,18). The minimum atomic E-state index is 0.151. The van der Waals surface area contributed by atoms with Crippen molar-refractivity contribution >= 4 is 5.91 Å². The predicted octanol–water partition coefficient (Wildman–Crippen LogP) is 2.85. The van der Waals surface area contributed by atoms with Crippen molar-refractivity contribution in [1.29, 1.82) is 0 Å². The van der Waals surface area contributed by atoms with Gasteiger partial charge in [0.05, 0.1) is 6.54 Å². The maximum atomic E-state index is 11.6. The zero-order valence-electron chi connectivity index (χ0n) is 12.1. The van der Waals surface area contributed by atoms with E-state index >= 15 is 0 Å². The summed E-state index contributed by atoms with van der Waals surface area (Å²) in [6.07, 6.45) is 10.3. The SMILES string of the molecule is CC(C)CCNC(=O)CNC1CCCCCCC1. The largest absolute Gasteiger partial charge is 0.355 e. The van der Waals surface area contributed by atoms with Crippen LogP contribution in [0.5, 0.6) is 0 Å². The van der Waals surface area contributed by atoms with E-state index in [1.165, 1.54) is 44.9 Å². The van der Waals surface area contributed by atoms with Gasteiger partial charge in [0, 0.05) is 12.6 Å². The molecule has 0 aromatic carbocycles. The normalized spacial score (nSPS) is 18.4. The molecule has 18 heavy (non-hydrogen) atoms. The first-order valence-corrected chi connectivity index (χ1v) is 7.68. The number of amides is 1. The van der Waals surface area contributed by atoms with Crippen LogP contribution in [0.3, 0.4) is 0 Å². The summed E-state index contributed by atoms with van der Waals surface area (Å²) in [6, 6.07) is 0.557. The van der Waals surface area contributed by atoms with E-state index in [1.807, 2.05) is 0 Å². The Hall–Kier alpha value is -0.570. The van der Waals surface area contributed by atoms with Gasteiger partial charge < -0.3 is 10.6 Å². The summed E-state index contributed by atoms with van der Waals surface area (Å²) in [7, 11) is 0. The van der Waals surface area contributed by atoms with Crippen LogP contribution in [0.2, 0.25) is 0 Å². The van der Waals surface area contributed by atoms with Crippen LogP contribution in [-0.4, -0.2) is 25.0 Å². The Bertz CT molecular complexity index is 221. The second kappa shape index (κ2) is 9.37. The first-order chi connectivity index (χ1) is 8.68. The highest BCUT2D eigenvalue weighted by Gasteiger charge is 2.12. The Morgan fingerprint density at radius 1 is 1.11 bits per heavy atom. The highest BCUT2D eigenvalue weighted by Crippen LogP contribution is 2.16. The van der Waals surface area contributed by atoms with E-state index < -0.39 is 0 Å². The zero-order chi connectivity index (χ0) is 13.2. The third-order valence-corrected chi connectivity index (χ3v) is 3.70. The van der Waals surface area contributed by atoms with Crippen LogP contribution in [0.4, 0.5) is 0 Å². The Morgan fingerprint density at radius 3 is 2.33 bits per heavy atom. The van der Waals surface area contributed by atoms with Gasteiger partial charge in [0.1, 0.15) is 0 Å². The molecule has 3 heteroatoms. The molecule has 0 unspecified atom stereocenters. The van der Waals surface area contributed by atoms with Gasteiger partial charge in [-0.05, 0) is 25.2 Å². The van der Waals surface area contributed by atoms with Crippen molar-refractivity contribution in [2.75, 3.05) is 13.1 Å². The maximum Gasteiger partial charge on any atom is 0.233 e. The van der Waals surface area contributed by atoms with Crippen LogP contribution in [0, 0.1) is 5.92 Å². The third kappa shape index (κ3) is 7.70. The summed E-state index contributed by atoms with van der Waals surface area (Å²) in [6.45, 7) is 5.66. The number of nitrogens with one attached hydrogen (secondary N) is 2. The Kier molecular flexibility index (Phi) is 8.06. The van der Waals surface area contributed by atoms with E-state index in [2.05, 4.69) is 24.5 Å². The van der Waals surface area contributed by atoms with Crippen molar-refractivity contribution in [3.05, 3.63) is 0 Å². The highest BCUT2D eigenvalue weighted by atomic mass is 16.1. The molecule has 0 spiro atoms. The highest BCUT2D eigenvalue weighted by molar-refractivity contribution is 5.77. The van der Waals surface area contributed by atoms with Crippen LogP contribution >= 0.6 is 0 Å². The van der Waals surface area contributed by atoms with Gasteiger partial charge in [-0.3, -0.25) is 4.79 Å². The molecule has 1 saturated carbocycles. The average molecular weight is 254 g/mol. The van der Waals surface area contributed by atoms with E-state index in [4.69, 9.17) is 0 Å². The summed E-state index contributed by atoms with van der Waals surface area (Å²) in [5.74, 6) is 0.807. The fraction of sp³-hybridized carbons (Fsp3) is 0.933. The van der Waals surface area contributed by atoms with Gasteiger partial charge in [0.15, 0.2) is 0 Å². The molecule has 0 atom stereocenters. The van der Waals surface area contributed by atoms with Gasteiger partial charge >= 0.3 is 0 Å². The van der Waals surface area contributed by atoms with E-state index in [0.29, 0.717) is 18.5 Å². The van der Waals surface area contributed by atoms with Crippen molar-refractivity contribution < 1.29 is 4.79 Å². The van der Waals surface area contributed by atoms with Crippen molar-refractivity contribution in [3.63, 3.8) is 0 Å². The van der Waals surface area contributed by atoms with Gasteiger partial charge in [-0.2, -0.15) is 0 Å². The van der Waals surface area contributed by atoms with Crippen molar-refractivity contribution in [1.82, 2.24) is 10.6 Å². The quantitative estimate of drug-likeness (QED) is 0.765. The second-order valence-corrected chi connectivity index (χ2v) is 5.96. The molecular formula is C15H30N2O. The predicted molar refractivity (Wildman–Crippen MR) is 76.6 cm³/mol. The Balaban J connectivity index is 2.08. The zero-order valence-corrected chi connectivity index (χ0v) is 12.1. The lowest BCUT2D eigenvalue weighted by Crippen LogP contribution is -2.39. The van der Waals surface area contributed by atoms with Gasteiger partial charge in [0.25, 0.3) is 0 Å². The van der Waals surface area contributed by atoms with Crippen LogP contribution < -0.4 is 10.6 Å².